The van der Waals surface area contributed by atoms with Crippen LogP contribution in [0.5, 0.6) is 5.75 Å². The number of hydrogen-bond acceptors (Lipinski definition) is 3. The van der Waals surface area contributed by atoms with E-state index in [1.54, 1.807) is 18.2 Å². The lowest BCUT2D eigenvalue weighted by molar-refractivity contribution is 0.237. The van der Waals surface area contributed by atoms with E-state index in [2.05, 4.69) is 5.32 Å². The minimum absolute atomic E-state index is 0. The fourth-order valence-electron chi connectivity index (χ4n) is 2.15. The maximum absolute atomic E-state index is 13.6. The lowest BCUT2D eigenvalue weighted by atomic mass is 10.1. The van der Waals surface area contributed by atoms with Crippen molar-refractivity contribution in [1.29, 1.82) is 0 Å². The Morgan fingerprint density at radius 1 is 1.09 bits per heavy atom. The lowest BCUT2D eigenvalue weighted by Crippen LogP contribution is -2.31. The van der Waals surface area contributed by atoms with Crippen LogP contribution in [-0.4, -0.2) is 17.8 Å². The molecule has 2 N–H and O–H groups in total. The molecule has 0 fully saturated rings. The van der Waals surface area contributed by atoms with Crippen molar-refractivity contribution in [1.82, 2.24) is 5.32 Å². The summed E-state index contributed by atoms with van der Waals surface area (Å²) < 4.78 is 19.4. The molecule has 0 heterocycles. The Balaban J connectivity index is 0.00000264. The van der Waals surface area contributed by atoms with Crippen molar-refractivity contribution < 1.29 is 14.2 Å². The monoisotopic (exact) mass is 339 g/mol. The highest BCUT2D eigenvalue weighted by molar-refractivity contribution is 5.85. The summed E-state index contributed by atoms with van der Waals surface area (Å²) >= 11 is 0. The molecule has 23 heavy (non-hydrogen) atoms. The van der Waals surface area contributed by atoms with Crippen LogP contribution in [0.2, 0.25) is 0 Å². The fraction of sp³-hybridized carbons (Fsp3) is 0.333. The van der Waals surface area contributed by atoms with Crippen molar-refractivity contribution >= 4 is 12.4 Å². The Labute approximate surface area is 142 Å². The molecule has 1 unspecified atom stereocenters. The van der Waals surface area contributed by atoms with Crippen molar-refractivity contribution in [2.24, 2.45) is 0 Å². The summed E-state index contributed by atoms with van der Waals surface area (Å²) in [5.41, 5.74) is 1.53. The van der Waals surface area contributed by atoms with Gasteiger partial charge in [0.05, 0.1) is 6.61 Å². The van der Waals surface area contributed by atoms with Gasteiger partial charge in [-0.2, -0.15) is 0 Å². The van der Waals surface area contributed by atoms with E-state index in [1.165, 1.54) is 6.07 Å². The Kier molecular flexibility index (Phi) is 8.62. The molecular weight excluding hydrogens is 317 g/mol. The Bertz CT molecular complexity index is 591. The number of benzene rings is 2. The van der Waals surface area contributed by atoms with Crippen molar-refractivity contribution in [3.8, 4) is 5.75 Å². The van der Waals surface area contributed by atoms with Gasteiger partial charge in [-0.25, -0.2) is 4.39 Å². The molecule has 0 aromatic heterocycles. The fourth-order valence-corrected chi connectivity index (χ4v) is 2.15. The first-order chi connectivity index (χ1) is 10.7. The molecule has 2 aromatic carbocycles. The number of para-hydroxylation sites is 1. The predicted molar refractivity (Wildman–Crippen MR) is 92.4 cm³/mol. The van der Waals surface area contributed by atoms with E-state index in [1.807, 2.05) is 31.2 Å². The van der Waals surface area contributed by atoms with Crippen LogP contribution in [0, 0.1) is 5.82 Å². The van der Waals surface area contributed by atoms with Crippen molar-refractivity contribution in [3.63, 3.8) is 0 Å². The Hall–Kier alpha value is -1.62. The van der Waals surface area contributed by atoms with Crippen LogP contribution in [0.15, 0.2) is 48.5 Å². The molecular formula is C18H23ClFNO2. The van der Waals surface area contributed by atoms with Crippen LogP contribution in [0.4, 0.5) is 4.39 Å². The zero-order chi connectivity index (χ0) is 15.8. The quantitative estimate of drug-likeness (QED) is 0.770. The number of aliphatic hydroxyl groups is 1. The summed E-state index contributed by atoms with van der Waals surface area (Å²) in [6.07, 6.45) is 0.856. The van der Waals surface area contributed by atoms with Gasteiger partial charge in [-0.05, 0) is 18.6 Å². The minimum atomic E-state index is -0.260. The zero-order valence-corrected chi connectivity index (χ0v) is 14.0. The van der Waals surface area contributed by atoms with Gasteiger partial charge in [0.15, 0.2) is 0 Å². The van der Waals surface area contributed by atoms with Crippen molar-refractivity contribution in [2.45, 2.75) is 32.5 Å². The van der Waals surface area contributed by atoms with Gasteiger partial charge >= 0.3 is 0 Å². The SMILES string of the molecule is CCC(CO)NCc1ccccc1OCc1ccccc1F.Cl. The molecule has 2 rings (SSSR count). The smallest absolute Gasteiger partial charge is 0.129 e. The molecule has 0 aliphatic carbocycles. The number of ether oxygens (including phenoxy) is 1. The van der Waals surface area contributed by atoms with Crippen molar-refractivity contribution in [2.75, 3.05) is 6.61 Å². The summed E-state index contributed by atoms with van der Waals surface area (Å²) in [5, 5.41) is 12.5. The molecule has 0 aliphatic heterocycles. The predicted octanol–water partition coefficient (Wildman–Crippen LogP) is 3.69. The van der Waals surface area contributed by atoms with Crippen LogP contribution in [0.25, 0.3) is 0 Å². The second kappa shape index (κ2) is 10.2. The third kappa shape index (κ3) is 5.82. The highest BCUT2D eigenvalue weighted by atomic mass is 35.5. The van der Waals surface area contributed by atoms with Crippen molar-refractivity contribution in [3.05, 3.63) is 65.5 Å². The molecule has 126 valence electrons. The Morgan fingerprint density at radius 3 is 2.39 bits per heavy atom. The second-order valence-electron chi connectivity index (χ2n) is 5.16. The van der Waals surface area contributed by atoms with E-state index in [9.17, 15) is 9.50 Å². The second-order valence-corrected chi connectivity index (χ2v) is 5.16. The highest BCUT2D eigenvalue weighted by Crippen LogP contribution is 2.20. The van der Waals surface area contributed by atoms with E-state index in [0.717, 1.165) is 17.7 Å². The van der Waals surface area contributed by atoms with Gasteiger partial charge in [-0.15, -0.1) is 12.4 Å². The van der Waals surface area contributed by atoms with Crippen LogP contribution in [0.1, 0.15) is 24.5 Å². The molecule has 0 aliphatic rings. The maximum Gasteiger partial charge on any atom is 0.129 e. The summed E-state index contributed by atoms with van der Waals surface area (Å²) in [5.74, 6) is 0.468. The minimum Gasteiger partial charge on any atom is -0.488 e. The van der Waals surface area contributed by atoms with Gasteiger partial charge in [0.1, 0.15) is 18.2 Å². The average Bonchev–Trinajstić information content (AvgIpc) is 2.56. The molecule has 0 radical (unpaired) electrons. The first-order valence-corrected chi connectivity index (χ1v) is 7.53. The first kappa shape index (κ1) is 19.4. The number of rotatable bonds is 8. The molecule has 0 amide bonds. The number of hydrogen-bond donors (Lipinski definition) is 2. The molecule has 0 bridgehead atoms. The third-order valence-corrected chi connectivity index (χ3v) is 3.61. The summed E-state index contributed by atoms with van der Waals surface area (Å²) in [6, 6.07) is 14.3. The third-order valence-electron chi connectivity index (χ3n) is 3.61. The first-order valence-electron chi connectivity index (χ1n) is 7.53. The Morgan fingerprint density at radius 2 is 1.74 bits per heavy atom. The summed E-state index contributed by atoms with van der Waals surface area (Å²) in [4.78, 5) is 0. The topological polar surface area (TPSA) is 41.5 Å². The largest absolute Gasteiger partial charge is 0.488 e. The zero-order valence-electron chi connectivity index (χ0n) is 13.2. The molecule has 5 heteroatoms. The van der Waals surface area contributed by atoms with Gasteiger partial charge in [0.25, 0.3) is 0 Å². The van der Waals surface area contributed by atoms with E-state index >= 15 is 0 Å². The van der Waals surface area contributed by atoms with E-state index < -0.39 is 0 Å². The average molecular weight is 340 g/mol. The van der Waals surface area contributed by atoms with Crippen LogP contribution >= 0.6 is 12.4 Å². The summed E-state index contributed by atoms with van der Waals surface area (Å²) in [6.45, 7) is 2.93. The molecule has 0 saturated carbocycles. The normalized spacial score (nSPS) is 11.6. The van der Waals surface area contributed by atoms with Gasteiger partial charge < -0.3 is 15.2 Å². The summed E-state index contributed by atoms with van der Waals surface area (Å²) in [7, 11) is 0. The highest BCUT2D eigenvalue weighted by Gasteiger charge is 2.08. The molecule has 1 atom stereocenters. The van der Waals surface area contributed by atoms with E-state index in [0.29, 0.717) is 12.1 Å². The van der Waals surface area contributed by atoms with Crippen LogP contribution < -0.4 is 10.1 Å². The van der Waals surface area contributed by atoms with Gasteiger partial charge in [0, 0.05) is 23.7 Å². The van der Waals surface area contributed by atoms with E-state index in [4.69, 9.17) is 4.74 Å². The van der Waals surface area contributed by atoms with Gasteiger partial charge in [0.2, 0.25) is 0 Å². The van der Waals surface area contributed by atoms with Gasteiger partial charge in [-0.3, -0.25) is 0 Å². The van der Waals surface area contributed by atoms with Crippen LogP contribution in [-0.2, 0) is 13.2 Å². The number of aliphatic hydroxyl groups excluding tert-OH is 1. The van der Waals surface area contributed by atoms with Gasteiger partial charge in [-0.1, -0.05) is 43.3 Å². The van der Waals surface area contributed by atoms with Crippen LogP contribution in [0.3, 0.4) is 0 Å². The number of nitrogens with one attached hydrogen (secondary N) is 1. The maximum atomic E-state index is 13.6. The molecule has 2 aromatic rings. The standard InChI is InChI=1S/C18H22FNO2.ClH/c1-2-16(12-21)20-11-14-7-4-6-10-18(14)22-13-15-8-3-5-9-17(15)19;/h3-10,16,20-21H,2,11-13H2,1H3;1H. The van der Waals surface area contributed by atoms with E-state index in [-0.39, 0.29) is 37.5 Å². The lowest BCUT2D eigenvalue weighted by Gasteiger charge is -2.16. The molecule has 0 saturated heterocycles. The molecule has 3 nitrogen and oxygen atoms in total. The molecule has 0 spiro atoms. The number of halogens is 2.